The van der Waals surface area contributed by atoms with Gasteiger partial charge in [-0.05, 0) is 18.2 Å². The summed E-state index contributed by atoms with van der Waals surface area (Å²) < 4.78 is 15.0. The highest BCUT2D eigenvalue weighted by Gasteiger charge is 2.09. The Morgan fingerprint density at radius 2 is 2.29 bits per heavy atom. The van der Waals surface area contributed by atoms with Crippen molar-refractivity contribution in [2.24, 2.45) is 10.9 Å². The Balaban J connectivity index is 2.45. The molecule has 0 saturated carbocycles. The fourth-order valence-electron chi connectivity index (χ4n) is 1.34. The standard InChI is InChI=1S/C10H8ClFN4O/c11-7-4-14-16(5-7)9-2-1-6(3-8(9)12)10(13)15-17/h1-5,17H,(H2,13,15). The second kappa shape index (κ2) is 4.42. The molecule has 0 bridgehead atoms. The molecule has 3 N–H and O–H groups in total. The Bertz CT molecular complexity index is 581. The first-order valence-electron chi connectivity index (χ1n) is 4.60. The third kappa shape index (κ3) is 2.21. The van der Waals surface area contributed by atoms with E-state index in [4.69, 9.17) is 22.5 Å². The fraction of sp³-hybridized carbons (Fsp3) is 0. The van der Waals surface area contributed by atoms with Crippen molar-refractivity contribution >= 4 is 17.4 Å². The highest BCUT2D eigenvalue weighted by atomic mass is 35.5. The summed E-state index contributed by atoms with van der Waals surface area (Å²) in [5.74, 6) is -0.706. The van der Waals surface area contributed by atoms with Gasteiger partial charge in [0, 0.05) is 11.8 Å². The number of hydrogen-bond donors (Lipinski definition) is 2. The van der Waals surface area contributed by atoms with Crippen molar-refractivity contribution in [1.82, 2.24) is 9.78 Å². The lowest BCUT2D eigenvalue weighted by Crippen LogP contribution is -2.13. The summed E-state index contributed by atoms with van der Waals surface area (Å²) in [5, 5.41) is 15.5. The van der Waals surface area contributed by atoms with E-state index in [9.17, 15) is 4.39 Å². The smallest absolute Gasteiger partial charge is 0.170 e. The number of halogens is 2. The molecule has 1 aromatic heterocycles. The summed E-state index contributed by atoms with van der Waals surface area (Å²) in [6, 6.07) is 4.13. The summed E-state index contributed by atoms with van der Waals surface area (Å²) >= 11 is 5.69. The van der Waals surface area contributed by atoms with E-state index >= 15 is 0 Å². The molecule has 17 heavy (non-hydrogen) atoms. The first-order valence-corrected chi connectivity index (χ1v) is 4.97. The van der Waals surface area contributed by atoms with Gasteiger partial charge in [-0.1, -0.05) is 16.8 Å². The molecule has 0 unspecified atom stereocenters. The van der Waals surface area contributed by atoms with Crippen LogP contribution in [0.3, 0.4) is 0 Å². The van der Waals surface area contributed by atoms with Gasteiger partial charge < -0.3 is 10.9 Å². The van der Waals surface area contributed by atoms with E-state index in [-0.39, 0.29) is 17.1 Å². The number of benzene rings is 1. The average Bonchev–Trinajstić information content (AvgIpc) is 2.74. The molecule has 0 aliphatic heterocycles. The SMILES string of the molecule is N/C(=N\O)c1ccc(-n2cc(Cl)cn2)c(F)c1. The van der Waals surface area contributed by atoms with Crippen LogP contribution in [0.15, 0.2) is 35.7 Å². The van der Waals surface area contributed by atoms with Crippen molar-refractivity contribution < 1.29 is 9.60 Å². The lowest BCUT2D eigenvalue weighted by molar-refractivity contribution is 0.318. The zero-order valence-corrected chi connectivity index (χ0v) is 9.26. The lowest BCUT2D eigenvalue weighted by atomic mass is 10.2. The molecule has 0 radical (unpaired) electrons. The summed E-state index contributed by atoms with van der Waals surface area (Å²) in [7, 11) is 0. The van der Waals surface area contributed by atoms with Gasteiger partial charge in [0.25, 0.3) is 0 Å². The second-order valence-electron chi connectivity index (χ2n) is 3.25. The van der Waals surface area contributed by atoms with Crippen molar-refractivity contribution in [2.45, 2.75) is 0 Å². The molecule has 0 saturated heterocycles. The summed E-state index contributed by atoms with van der Waals surface area (Å²) in [6.07, 6.45) is 2.88. The largest absolute Gasteiger partial charge is 0.409 e. The summed E-state index contributed by atoms with van der Waals surface area (Å²) in [6.45, 7) is 0. The van der Waals surface area contributed by atoms with Gasteiger partial charge in [0.2, 0.25) is 0 Å². The maximum atomic E-state index is 13.7. The van der Waals surface area contributed by atoms with Gasteiger partial charge in [0.15, 0.2) is 5.84 Å². The monoisotopic (exact) mass is 254 g/mol. The number of aromatic nitrogens is 2. The van der Waals surface area contributed by atoms with Crippen LogP contribution in [0.2, 0.25) is 5.02 Å². The molecule has 2 rings (SSSR count). The molecule has 0 atom stereocenters. The quantitative estimate of drug-likeness (QED) is 0.371. The van der Waals surface area contributed by atoms with E-state index < -0.39 is 5.82 Å². The number of oxime groups is 1. The molecule has 5 nitrogen and oxygen atoms in total. The Morgan fingerprint density at radius 3 is 2.82 bits per heavy atom. The predicted octanol–water partition coefficient (Wildman–Crippen LogP) is 1.76. The molecular formula is C10H8ClFN4O. The molecule has 0 spiro atoms. The van der Waals surface area contributed by atoms with E-state index in [0.29, 0.717) is 5.02 Å². The van der Waals surface area contributed by atoms with Crippen LogP contribution < -0.4 is 5.73 Å². The highest BCUT2D eigenvalue weighted by molar-refractivity contribution is 6.30. The van der Waals surface area contributed by atoms with E-state index in [1.807, 2.05) is 0 Å². The van der Waals surface area contributed by atoms with Gasteiger partial charge in [-0.2, -0.15) is 5.10 Å². The molecule has 1 heterocycles. The highest BCUT2D eigenvalue weighted by Crippen LogP contribution is 2.16. The molecule has 0 aliphatic carbocycles. The van der Waals surface area contributed by atoms with E-state index in [0.717, 1.165) is 6.07 Å². The molecule has 0 aliphatic rings. The molecule has 2 aromatic rings. The van der Waals surface area contributed by atoms with Crippen LogP contribution in [0.5, 0.6) is 0 Å². The van der Waals surface area contributed by atoms with Crippen molar-refractivity contribution in [1.29, 1.82) is 0 Å². The number of rotatable bonds is 2. The lowest BCUT2D eigenvalue weighted by Gasteiger charge is -2.05. The Labute approximate surface area is 101 Å². The molecule has 7 heteroatoms. The minimum absolute atomic E-state index is 0.158. The van der Waals surface area contributed by atoms with Crippen LogP contribution in [-0.2, 0) is 0 Å². The molecule has 88 valence electrons. The molecular weight excluding hydrogens is 247 g/mol. The Hall–Kier alpha value is -2.08. The number of amidine groups is 1. The van der Waals surface area contributed by atoms with Crippen molar-refractivity contribution in [3.05, 3.63) is 47.0 Å². The first kappa shape index (κ1) is 11.4. The molecule has 1 aromatic carbocycles. The van der Waals surface area contributed by atoms with Crippen LogP contribution in [0, 0.1) is 5.82 Å². The number of nitrogens with zero attached hydrogens (tertiary/aromatic N) is 3. The van der Waals surface area contributed by atoms with E-state index in [1.54, 1.807) is 0 Å². The average molecular weight is 255 g/mol. The number of hydrogen-bond acceptors (Lipinski definition) is 3. The normalized spacial score (nSPS) is 11.8. The van der Waals surface area contributed by atoms with Crippen LogP contribution in [0.1, 0.15) is 5.56 Å². The van der Waals surface area contributed by atoms with E-state index in [2.05, 4.69) is 10.3 Å². The van der Waals surface area contributed by atoms with Crippen molar-refractivity contribution in [3.63, 3.8) is 0 Å². The van der Waals surface area contributed by atoms with Gasteiger partial charge in [-0.3, -0.25) is 0 Å². The van der Waals surface area contributed by atoms with Crippen LogP contribution in [-0.4, -0.2) is 20.8 Å². The van der Waals surface area contributed by atoms with Gasteiger partial charge in [0.05, 0.1) is 11.2 Å². The zero-order valence-electron chi connectivity index (χ0n) is 8.51. The topological polar surface area (TPSA) is 76.4 Å². The minimum atomic E-state index is -0.547. The summed E-state index contributed by atoms with van der Waals surface area (Å²) in [4.78, 5) is 0. The Morgan fingerprint density at radius 1 is 1.53 bits per heavy atom. The van der Waals surface area contributed by atoms with Crippen LogP contribution >= 0.6 is 11.6 Å². The third-order valence-corrected chi connectivity index (χ3v) is 2.34. The maximum Gasteiger partial charge on any atom is 0.170 e. The van der Waals surface area contributed by atoms with Crippen molar-refractivity contribution in [2.75, 3.05) is 0 Å². The van der Waals surface area contributed by atoms with Gasteiger partial charge in [-0.25, -0.2) is 9.07 Å². The van der Waals surface area contributed by atoms with Crippen LogP contribution in [0.4, 0.5) is 4.39 Å². The minimum Gasteiger partial charge on any atom is -0.409 e. The first-order chi connectivity index (χ1) is 8.11. The predicted molar refractivity (Wildman–Crippen MR) is 61.0 cm³/mol. The number of nitrogens with two attached hydrogens (primary N) is 1. The zero-order chi connectivity index (χ0) is 12.4. The Kier molecular flexibility index (Phi) is 2.97. The van der Waals surface area contributed by atoms with Crippen molar-refractivity contribution in [3.8, 4) is 5.69 Å². The van der Waals surface area contributed by atoms with Gasteiger partial charge in [0.1, 0.15) is 11.5 Å². The third-order valence-electron chi connectivity index (χ3n) is 2.15. The molecule has 0 amide bonds. The van der Waals surface area contributed by atoms with Crippen LogP contribution in [0.25, 0.3) is 5.69 Å². The van der Waals surface area contributed by atoms with E-state index in [1.165, 1.54) is 29.2 Å². The summed E-state index contributed by atoms with van der Waals surface area (Å²) in [5.41, 5.74) is 5.86. The second-order valence-corrected chi connectivity index (χ2v) is 3.69. The van der Waals surface area contributed by atoms with Gasteiger partial charge in [-0.15, -0.1) is 0 Å². The maximum absolute atomic E-state index is 13.7. The molecule has 0 fully saturated rings. The fourth-order valence-corrected chi connectivity index (χ4v) is 1.48. The van der Waals surface area contributed by atoms with Gasteiger partial charge >= 0.3 is 0 Å².